The fraction of sp³-hybridized carbons (Fsp3) is 0.167. The molecule has 1 aliphatic heterocycles. The number of allylic oxidation sites excluding steroid dienone is 1. The van der Waals surface area contributed by atoms with E-state index < -0.39 is 17.5 Å². The van der Waals surface area contributed by atoms with Crippen molar-refractivity contribution in [1.29, 1.82) is 5.26 Å². The number of carbonyl (C=O) groups excluding carboxylic acids is 1. The number of fused-ring (bicyclic) bond motifs is 1. The Bertz CT molecular complexity index is 999. The highest BCUT2D eigenvalue weighted by Gasteiger charge is 2.34. The molecule has 132 valence electrons. The van der Waals surface area contributed by atoms with Gasteiger partial charge in [0, 0.05) is 6.07 Å². The van der Waals surface area contributed by atoms with Crippen LogP contribution in [0, 0.1) is 18.3 Å². The molecule has 0 unspecified atom stereocenters. The number of nitrogens with zero attached hydrogens (tertiary/aromatic N) is 1. The average molecular weight is 353 g/mol. The van der Waals surface area contributed by atoms with Crippen molar-refractivity contribution in [2.24, 2.45) is 11.5 Å². The second kappa shape index (κ2) is 6.64. The average Bonchev–Trinajstić information content (AvgIpc) is 2.59. The van der Waals surface area contributed by atoms with Crippen LogP contribution >= 0.6 is 0 Å². The van der Waals surface area contributed by atoms with E-state index in [4.69, 9.17) is 25.4 Å². The summed E-state index contributed by atoms with van der Waals surface area (Å²) in [5, 5.41) is 9.49. The van der Waals surface area contributed by atoms with Crippen molar-refractivity contribution in [3.63, 3.8) is 0 Å². The molecule has 0 bridgehead atoms. The standard InChI is InChI=1S/C18H15N3O5/c1-9-6-13-16(18(23)25-9)15(12(7-19)17(21)26-13)10-2-4-11(5-3-10)24-8-14(20)22/h2-6,15H,8,21H2,1H3,(H2,20,22)/t15-/m1/s1. The quantitative estimate of drug-likeness (QED) is 0.836. The maximum absolute atomic E-state index is 12.4. The number of hydrogen-bond acceptors (Lipinski definition) is 7. The summed E-state index contributed by atoms with van der Waals surface area (Å²) in [5.41, 5.74) is 11.2. The molecular formula is C18H15N3O5. The summed E-state index contributed by atoms with van der Waals surface area (Å²) in [5.74, 6) is -0.339. The molecule has 0 fully saturated rings. The lowest BCUT2D eigenvalue weighted by Crippen LogP contribution is -2.26. The van der Waals surface area contributed by atoms with E-state index in [0.717, 1.165) is 0 Å². The molecule has 2 aromatic rings. The molecule has 26 heavy (non-hydrogen) atoms. The molecule has 1 atom stereocenters. The molecule has 3 rings (SSSR count). The van der Waals surface area contributed by atoms with Gasteiger partial charge in [0.15, 0.2) is 6.61 Å². The molecular weight excluding hydrogens is 338 g/mol. The van der Waals surface area contributed by atoms with Crippen molar-refractivity contribution < 1.29 is 18.7 Å². The van der Waals surface area contributed by atoms with Gasteiger partial charge in [0.2, 0.25) is 5.88 Å². The Labute approximate surface area is 148 Å². The van der Waals surface area contributed by atoms with Crippen molar-refractivity contribution in [3.05, 3.63) is 69.1 Å². The fourth-order valence-corrected chi connectivity index (χ4v) is 2.76. The van der Waals surface area contributed by atoms with Gasteiger partial charge in [0.1, 0.15) is 28.9 Å². The topological polar surface area (TPSA) is 142 Å². The van der Waals surface area contributed by atoms with E-state index in [2.05, 4.69) is 0 Å². The molecule has 8 heteroatoms. The predicted octanol–water partition coefficient (Wildman–Crippen LogP) is 1.03. The number of hydrogen-bond donors (Lipinski definition) is 2. The summed E-state index contributed by atoms with van der Waals surface area (Å²) in [7, 11) is 0. The second-order valence-corrected chi connectivity index (χ2v) is 5.67. The lowest BCUT2D eigenvalue weighted by molar-refractivity contribution is -0.119. The molecule has 1 aliphatic rings. The van der Waals surface area contributed by atoms with Gasteiger partial charge in [-0.3, -0.25) is 4.79 Å². The third-order valence-electron chi connectivity index (χ3n) is 3.85. The van der Waals surface area contributed by atoms with Crippen LogP contribution in [0.15, 0.2) is 51.0 Å². The molecule has 0 saturated carbocycles. The maximum atomic E-state index is 12.4. The minimum absolute atomic E-state index is 0.0657. The fourth-order valence-electron chi connectivity index (χ4n) is 2.76. The lowest BCUT2D eigenvalue weighted by Gasteiger charge is -2.25. The highest BCUT2D eigenvalue weighted by Crippen LogP contribution is 2.40. The Kier molecular flexibility index (Phi) is 4.37. The number of carbonyl (C=O) groups is 1. The number of primary amides is 1. The van der Waals surface area contributed by atoms with Gasteiger partial charge in [0.05, 0.1) is 11.5 Å². The third kappa shape index (κ3) is 3.10. The maximum Gasteiger partial charge on any atom is 0.343 e. The van der Waals surface area contributed by atoms with Crippen molar-refractivity contribution in [3.8, 4) is 17.6 Å². The van der Waals surface area contributed by atoms with Gasteiger partial charge in [-0.25, -0.2) is 4.79 Å². The zero-order valence-corrected chi connectivity index (χ0v) is 13.8. The van der Waals surface area contributed by atoms with Crippen LogP contribution in [0.3, 0.4) is 0 Å². The number of rotatable bonds is 4. The SMILES string of the molecule is Cc1cc2c(c(=O)o1)[C@H](c1ccc(OCC(N)=O)cc1)C(C#N)=C(N)O2. The Morgan fingerprint density at radius 1 is 1.35 bits per heavy atom. The Morgan fingerprint density at radius 2 is 2.04 bits per heavy atom. The number of nitriles is 1. The van der Waals surface area contributed by atoms with E-state index in [1.807, 2.05) is 6.07 Å². The third-order valence-corrected chi connectivity index (χ3v) is 3.85. The van der Waals surface area contributed by atoms with Crippen molar-refractivity contribution in [1.82, 2.24) is 0 Å². The molecule has 0 spiro atoms. The number of nitrogens with two attached hydrogens (primary N) is 2. The molecule has 0 aliphatic carbocycles. The molecule has 8 nitrogen and oxygen atoms in total. The zero-order valence-electron chi connectivity index (χ0n) is 13.8. The van der Waals surface area contributed by atoms with Gasteiger partial charge in [-0.05, 0) is 24.6 Å². The van der Waals surface area contributed by atoms with Crippen molar-refractivity contribution >= 4 is 5.91 Å². The minimum atomic E-state index is -0.731. The smallest absolute Gasteiger partial charge is 0.343 e. The number of ether oxygens (including phenoxy) is 2. The van der Waals surface area contributed by atoms with E-state index >= 15 is 0 Å². The monoisotopic (exact) mass is 353 g/mol. The first kappa shape index (κ1) is 17.1. The Balaban J connectivity index is 2.07. The summed E-state index contributed by atoms with van der Waals surface area (Å²) in [6, 6.07) is 10.1. The normalized spacial score (nSPS) is 15.6. The van der Waals surface area contributed by atoms with Crippen LogP contribution < -0.4 is 26.6 Å². The van der Waals surface area contributed by atoms with Gasteiger partial charge >= 0.3 is 5.63 Å². The first-order valence-electron chi connectivity index (χ1n) is 7.64. The first-order valence-corrected chi connectivity index (χ1v) is 7.64. The highest BCUT2D eigenvalue weighted by atomic mass is 16.5. The van der Waals surface area contributed by atoms with Crippen LogP contribution in [0.25, 0.3) is 0 Å². The summed E-state index contributed by atoms with van der Waals surface area (Å²) in [4.78, 5) is 23.2. The van der Waals surface area contributed by atoms with Crippen molar-refractivity contribution in [2.45, 2.75) is 12.8 Å². The first-order chi connectivity index (χ1) is 12.4. The van der Waals surface area contributed by atoms with Gasteiger partial charge in [-0.15, -0.1) is 0 Å². The lowest BCUT2D eigenvalue weighted by atomic mass is 9.84. The van der Waals surface area contributed by atoms with Crippen LogP contribution in [0.5, 0.6) is 11.5 Å². The minimum Gasteiger partial charge on any atom is -0.484 e. The molecule has 1 aromatic carbocycles. The number of amides is 1. The van der Waals surface area contributed by atoms with E-state index in [1.54, 1.807) is 37.3 Å². The molecule has 0 radical (unpaired) electrons. The van der Waals surface area contributed by atoms with E-state index in [9.17, 15) is 14.9 Å². The largest absolute Gasteiger partial charge is 0.484 e. The van der Waals surface area contributed by atoms with Crippen LogP contribution in [-0.4, -0.2) is 12.5 Å². The van der Waals surface area contributed by atoms with Gasteiger partial charge in [-0.1, -0.05) is 12.1 Å². The van der Waals surface area contributed by atoms with E-state index in [1.165, 1.54) is 0 Å². The second-order valence-electron chi connectivity index (χ2n) is 5.67. The molecule has 4 N–H and O–H groups in total. The number of benzene rings is 1. The summed E-state index contributed by atoms with van der Waals surface area (Å²) < 4.78 is 15.8. The molecule has 1 amide bonds. The summed E-state index contributed by atoms with van der Waals surface area (Å²) in [6.07, 6.45) is 0. The van der Waals surface area contributed by atoms with Crippen LogP contribution in [0.4, 0.5) is 0 Å². The summed E-state index contributed by atoms with van der Waals surface area (Å²) in [6.45, 7) is 1.36. The number of aryl methyl sites for hydroxylation is 1. The van der Waals surface area contributed by atoms with E-state index in [-0.39, 0.29) is 29.4 Å². The van der Waals surface area contributed by atoms with Gasteiger partial charge in [-0.2, -0.15) is 5.26 Å². The highest BCUT2D eigenvalue weighted by molar-refractivity contribution is 5.75. The van der Waals surface area contributed by atoms with Gasteiger partial charge in [0.25, 0.3) is 5.91 Å². The zero-order chi connectivity index (χ0) is 18.8. The van der Waals surface area contributed by atoms with Crippen LogP contribution in [0.2, 0.25) is 0 Å². The molecule has 2 heterocycles. The Morgan fingerprint density at radius 3 is 2.65 bits per heavy atom. The molecule has 1 aromatic heterocycles. The van der Waals surface area contributed by atoms with Crippen LogP contribution in [0.1, 0.15) is 22.8 Å². The van der Waals surface area contributed by atoms with Crippen molar-refractivity contribution in [2.75, 3.05) is 6.61 Å². The van der Waals surface area contributed by atoms with E-state index in [0.29, 0.717) is 17.1 Å². The molecule has 0 saturated heterocycles. The van der Waals surface area contributed by atoms with Crippen LogP contribution in [-0.2, 0) is 4.79 Å². The predicted molar refractivity (Wildman–Crippen MR) is 90.1 cm³/mol. The summed E-state index contributed by atoms with van der Waals surface area (Å²) >= 11 is 0. The van der Waals surface area contributed by atoms with Gasteiger partial charge < -0.3 is 25.4 Å². The Hall–Kier alpha value is -3.73.